The van der Waals surface area contributed by atoms with Crippen LogP contribution in [0.1, 0.15) is 23.5 Å². The fourth-order valence-electron chi connectivity index (χ4n) is 3.95. The molecule has 1 aliphatic heterocycles. The molecule has 5 rings (SSSR count). The van der Waals surface area contributed by atoms with Crippen LogP contribution in [0.3, 0.4) is 0 Å². The van der Waals surface area contributed by atoms with E-state index >= 15 is 0 Å². The van der Waals surface area contributed by atoms with Crippen molar-refractivity contribution in [2.45, 2.75) is 12.1 Å². The number of hydrogen-bond acceptors (Lipinski definition) is 4. The summed E-state index contributed by atoms with van der Waals surface area (Å²) in [6.45, 7) is 0. The minimum atomic E-state index is -0.199. The molecule has 1 saturated heterocycles. The maximum atomic E-state index is 6.38. The number of ether oxygens (including phenoxy) is 1. The van der Waals surface area contributed by atoms with E-state index in [0.717, 1.165) is 38.7 Å². The summed E-state index contributed by atoms with van der Waals surface area (Å²) in [5.41, 5.74) is 2.86. The monoisotopic (exact) mass is 505 g/mol. The highest BCUT2D eigenvalue weighted by atomic mass is 79.9. The second-order valence-corrected chi connectivity index (χ2v) is 8.71. The average Bonchev–Trinajstić information content (AvgIpc) is 3.45. The first-order chi connectivity index (χ1) is 15.6. The number of aromatic nitrogens is 1. The van der Waals surface area contributed by atoms with Crippen LogP contribution in [-0.2, 0) is 0 Å². The van der Waals surface area contributed by atoms with E-state index < -0.39 is 0 Å². The molecular formula is C25H20BrN3O2S. The Balaban J connectivity index is 1.57. The molecule has 32 heavy (non-hydrogen) atoms. The van der Waals surface area contributed by atoms with Crippen molar-refractivity contribution in [1.29, 1.82) is 0 Å². The molecule has 0 bridgehead atoms. The number of hydrogen-bond donors (Lipinski definition) is 1. The highest BCUT2D eigenvalue weighted by Crippen LogP contribution is 2.43. The summed E-state index contributed by atoms with van der Waals surface area (Å²) in [6, 6.07) is 25.5. The molecule has 1 aliphatic rings. The van der Waals surface area contributed by atoms with Crippen LogP contribution in [0.15, 0.2) is 93.9 Å². The van der Waals surface area contributed by atoms with Gasteiger partial charge >= 0.3 is 0 Å². The Kier molecular flexibility index (Phi) is 5.68. The first-order valence-electron chi connectivity index (χ1n) is 10.1. The summed E-state index contributed by atoms with van der Waals surface area (Å²) in [5, 5.41) is 4.07. The molecule has 1 N–H and O–H groups in total. The lowest BCUT2D eigenvalue weighted by atomic mass is 10.0. The maximum Gasteiger partial charge on any atom is 0.174 e. The van der Waals surface area contributed by atoms with Crippen molar-refractivity contribution in [3.63, 3.8) is 0 Å². The van der Waals surface area contributed by atoms with E-state index in [2.05, 4.69) is 31.1 Å². The van der Waals surface area contributed by atoms with Gasteiger partial charge in [-0.25, -0.2) is 0 Å². The Hall–Kier alpha value is -3.16. The molecule has 0 spiro atoms. The largest absolute Gasteiger partial charge is 0.497 e. The lowest BCUT2D eigenvalue weighted by molar-refractivity contribution is 0.414. The third-order valence-electron chi connectivity index (χ3n) is 5.50. The standard InChI is InChI=1S/C25H20BrN3O2S/c1-30-19-11-9-18(10-12-19)29-24(23(28-25(29)32)20-4-2-3-15-27-20)22-14-13-21(31-22)16-5-7-17(26)8-6-16/h2-15,23-24H,1H3,(H,28,32)/t23-,24+/m0/s1. The van der Waals surface area contributed by atoms with Crippen LogP contribution in [0.2, 0.25) is 0 Å². The zero-order valence-electron chi connectivity index (χ0n) is 17.2. The second kappa shape index (κ2) is 8.76. The van der Waals surface area contributed by atoms with Crippen molar-refractivity contribution in [3.8, 4) is 17.1 Å². The van der Waals surface area contributed by atoms with E-state index in [0.29, 0.717) is 5.11 Å². The van der Waals surface area contributed by atoms with E-state index in [9.17, 15) is 0 Å². The third kappa shape index (κ3) is 3.89. The highest BCUT2D eigenvalue weighted by molar-refractivity contribution is 9.10. The van der Waals surface area contributed by atoms with E-state index in [1.165, 1.54) is 0 Å². The molecule has 160 valence electrons. The van der Waals surface area contributed by atoms with Gasteiger partial charge in [0.2, 0.25) is 0 Å². The first kappa shape index (κ1) is 20.7. The van der Waals surface area contributed by atoms with E-state index in [1.54, 1.807) is 13.3 Å². The minimum absolute atomic E-state index is 0.158. The van der Waals surface area contributed by atoms with Crippen LogP contribution in [0.5, 0.6) is 5.75 Å². The molecule has 1 fully saturated rings. The van der Waals surface area contributed by atoms with Crippen molar-refractivity contribution in [1.82, 2.24) is 10.3 Å². The predicted molar refractivity (Wildman–Crippen MR) is 133 cm³/mol. The SMILES string of the molecule is COc1ccc(N2C(=S)N[C@@H](c3ccccn3)[C@H]2c2ccc(-c3ccc(Br)cc3)o2)cc1. The topological polar surface area (TPSA) is 50.5 Å². The van der Waals surface area contributed by atoms with Gasteiger partial charge in [-0.1, -0.05) is 34.1 Å². The van der Waals surface area contributed by atoms with Gasteiger partial charge in [-0.05, 0) is 72.9 Å². The predicted octanol–water partition coefficient (Wildman–Crippen LogP) is 6.29. The van der Waals surface area contributed by atoms with Gasteiger partial charge in [0.15, 0.2) is 5.11 Å². The smallest absolute Gasteiger partial charge is 0.174 e. The van der Waals surface area contributed by atoms with E-state index in [-0.39, 0.29) is 12.1 Å². The Morgan fingerprint density at radius 2 is 1.78 bits per heavy atom. The molecule has 3 heterocycles. The fraction of sp³-hybridized carbons (Fsp3) is 0.120. The van der Waals surface area contributed by atoms with Crippen LogP contribution in [-0.4, -0.2) is 17.2 Å². The number of thiocarbonyl (C=S) groups is 1. The normalized spacial score (nSPS) is 17.9. The molecule has 7 heteroatoms. The molecule has 2 atom stereocenters. The Morgan fingerprint density at radius 1 is 1.00 bits per heavy atom. The number of halogens is 1. The quantitative estimate of drug-likeness (QED) is 0.321. The second-order valence-electron chi connectivity index (χ2n) is 7.40. The molecule has 0 saturated carbocycles. The molecular weight excluding hydrogens is 486 g/mol. The summed E-state index contributed by atoms with van der Waals surface area (Å²) in [6.07, 6.45) is 1.79. The van der Waals surface area contributed by atoms with Crippen molar-refractivity contribution >= 4 is 38.9 Å². The molecule has 0 radical (unpaired) electrons. The van der Waals surface area contributed by atoms with Crippen LogP contribution >= 0.6 is 28.1 Å². The number of nitrogens with one attached hydrogen (secondary N) is 1. The van der Waals surface area contributed by atoms with Crippen molar-refractivity contribution in [3.05, 3.63) is 101 Å². The molecule has 0 amide bonds. The number of benzene rings is 2. The number of methoxy groups -OCH3 is 1. The van der Waals surface area contributed by atoms with Gasteiger partial charge in [-0.2, -0.15) is 0 Å². The average molecular weight is 506 g/mol. The van der Waals surface area contributed by atoms with Gasteiger partial charge in [0.25, 0.3) is 0 Å². The van der Waals surface area contributed by atoms with Gasteiger partial charge in [0.05, 0.1) is 18.8 Å². The lowest BCUT2D eigenvalue weighted by Gasteiger charge is -2.26. The Morgan fingerprint density at radius 3 is 2.47 bits per heavy atom. The highest BCUT2D eigenvalue weighted by Gasteiger charge is 2.42. The van der Waals surface area contributed by atoms with E-state index in [4.69, 9.17) is 21.4 Å². The molecule has 2 aromatic heterocycles. The Bertz CT molecular complexity index is 1230. The molecule has 0 unspecified atom stereocenters. The zero-order valence-corrected chi connectivity index (χ0v) is 19.6. The van der Waals surface area contributed by atoms with Gasteiger partial charge < -0.3 is 19.4 Å². The number of rotatable bonds is 5. The third-order valence-corrected chi connectivity index (χ3v) is 6.34. The fourth-order valence-corrected chi connectivity index (χ4v) is 4.56. The summed E-state index contributed by atoms with van der Waals surface area (Å²) < 4.78 is 12.7. The van der Waals surface area contributed by atoms with Crippen LogP contribution in [0.4, 0.5) is 5.69 Å². The molecule has 2 aromatic carbocycles. The van der Waals surface area contributed by atoms with Crippen molar-refractivity contribution in [2.24, 2.45) is 0 Å². The summed E-state index contributed by atoms with van der Waals surface area (Å²) >= 11 is 9.25. The summed E-state index contributed by atoms with van der Waals surface area (Å²) in [7, 11) is 1.66. The Labute approximate surface area is 200 Å². The van der Waals surface area contributed by atoms with Crippen LogP contribution in [0.25, 0.3) is 11.3 Å². The minimum Gasteiger partial charge on any atom is -0.497 e. The molecule has 5 nitrogen and oxygen atoms in total. The molecule has 0 aliphatic carbocycles. The molecule has 4 aromatic rings. The number of anilines is 1. The van der Waals surface area contributed by atoms with E-state index in [1.807, 2.05) is 78.9 Å². The van der Waals surface area contributed by atoms with Gasteiger partial charge in [0, 0.05) is 21.9 Å². The van der Waals surface area contributed by atoms with Crippen LogP contribution < -0.4 is 15.0 Å². The van der Waals surface area contributed by atoms with Crippen molar-refractivity contribution in [2.75, 3.05) is 12.0 Å². The van der Waals surface area contributed by atoms with Crippen LogP contribution in [0, 0.1) is 0 Å². The zero-order chi connectivity index (χ0) is 22.1. The van der Waals surface area contributed by atoms with Gasteiger partial charge in [-0.3, -0.25) is 4.98 Å². The first-order valence-corrected chi connectivity index (χ1v) is 11.3. The maximum absolute atomic E-state index is 6.38. The lowest BCUT2D eigenvalue weighted by Crippen LogP contribution is -2.29. The summed E-state index contributed by atoms with van der Waals surface area (Å²) in [5.74, 6) is 2.40. The van der Waals surface area contributed by atoms with Gasteiger partial charge in [-0.15, -0.1) is 0 Å². The number of pyridine rings is 1. The van der Waals surface area contributed by atoms with Crippen molar-refractivity contribution < 1.29 is 9.15 Å². The number of nitrogens with zero attached hydrogens (tertiary/aromatic N) is 2. The number of furan rings is 1. The summed E-state index contributed by atoms with van der Waals surface area (Å²) in [4.78, 5) is 6.67. The van der Waals surface area contributed by atoms with Gasteiger partial charge in [0.1, 0.15) is 23.3 Å².